The van der Waals surface area contributed by atoms with E-state index in [9.17, 15) is 23.1 Å². The monoisotopic (exact) mass is 434 g/mol. The molecule has 4 rings (SSSR count). The van der Waals surface area contributed by atoms with Crippen molar-refractivity contribution in [3.63, 3.8) is 0 Å². The van der Waals surface area contributed by atoms with Gasteiger partial charge < -0.3 is 20.3 Å². The van der Waals surface area contributed by atoms with Crippen LogP contribution in [0.15, 0.2) is 41.7 Å². The molecule has 1 saturated carbocycles. The summed E-state index contributed by atoms with van der Waals surface area (Å²) in [5.41, 5.74) is -0.772. The molecular formula is C20H21F3N6O2. The highest BCUT2D eigenvalue weighted by Gasteiger charge is 2.29. The maximum atomic E-state index is 12.9. The first-order chi connectivity index (χ1) is 14.8. The van der Waals surface area contributed by atoms with Crippen molar-refractivity contribution < 1.29 is 18.3 Å². The molecule has 8 nitrogen and oxygen atoms in total. The average molecular weight is 434 g/mol. The van der Waals surface area contributed by atoms with Gasteiger partial charge in [0.15, 0.2) is 0 Å². The summed E-state index contributed by atoms with van der Waals surface area (Å²) >= 11 is 0. The molecule has 1 aliphatic rings. The Kier molecular flexibility index (Phi) is 5.77. The number of nitrogens with zero attached hydrogens (tertiary/aromatic N) is 4. The van der Waals surface area contributed by atoms with Crippen molar-refractivity contribution in [1.29, 1.82) is 0 Å². The molecule has 0 aromatic carbocycles. The molecule has 11 heteroatoms. The first-order valence-electron chi connectivity index (χ1n) is 9.87. The third-order valence-electron chi connectivity index (χ3n) is 5.17. The summed E-state index contributed by atoms with van der Waals surface area (Å²) in [7, 11) is 0. The topological polar surface area (TPSA) is 105 Å². The lowest BCUT2D eigenvalue weighted by Gasteiger charge is -2.27. The van der Waals surface area contributed by atoms with Gasteiger partial charge in [0.2, 0.25) is 0 Å². The Morgan fingerprint density at radius 2 is 1.94 bits per heavy atom. The van der Waals surface area contributed by atoms with Crippen LogP contribution in [-0.2, 0) is 6.54 Å². The SMILES string of the molecule is O=c1c2c(NC3CCC(O)CC3)nc(Nc3cnccn3)cc2ccn1CC(F)(F)F. The van der Waals surface area contributed by atoms with Gasteiger partial charge in [-0.05, 0) is 43.2 Å². The number of fused-ring (bicyclic) bond motifs is 1. The van der Waals surface area contributed by atoms with Gasteiger partial charge in [0, 0.05) is 24.6 Å². The fraction of sp³-hybridized carbons (Fsp3) is 0.400. The summed E-state index contributed by atoms with van der Waals surface area (Å²) in [6, 6.07) is 2.99. The number of halogens is 3. The standard InChI is InChI=1S/C20H21F3N6O2/c21-20(22,23)11-29-8-5-12-9-15(27-16-10-24-6-7-25-16)28-18(17(12)19(29)31)26-13-1-3-14(30)4-2-13/h5-10,13-14,30H,1-4,11H2,(H2,25,26,27,28). The van der Waals surface area contributed by atoms with Crippen molar-refractivity contribution >= 4 is 28.2 Å². The van der Waals surface area contributed by atoms with E-state index >= 15 is 0 Å². The van der Waals surface area contributed by atoms with Gasteiger partial charge in [-0.1, -0.05) is 0 Å². The van der Waals surface area contributed by atoms with Gasteiger partial charge in [-0.3, -0.25) is 9.78 Å². The van der Waals surface area contributed by atoms with Crippen LogP contribution in [0.4, 0.5) is 30.6 Å². The molecule has 0 unspecified atom stereocenters. The normalized spacial score (nSPS) is 19.4. The van der Waals surface area contributed by atoms with Crippen LogP contribution in [0.3, 0.4) is 0 Å². The molecule has 3 N–H and O–H groups in total. The largest absolute Gasteiger partial charge is 0.406 e. The molecule has 0 saturated heterocycles. The third kappa shape index (κ3) is 5.10. The summed E-state index contributed by atoms with van der Waals surface area (Å²) in [5.74, 6) is 1.01. The van der Waals surface area contributed by atoms with E-state index in [0.29, 0.717) is 47.3 Å². The summed E-state index contributed by atoms with van der Waals surface area (Å²) in [6.45, 7) is -1.38. The van der Waals surface area contributed by atoms with E-state index in [1.807, 2.05) is 0 Å². The lowest BCUT2D eigenvalue weighted by molar-refractivity contribution is -0.141. The van der Waals surface area contributed by atoms with Crippen molar-refractivity contribution in [2.75, 3.05) is 10.6 Å². The van der Waals surface area contributed by atoms with E-state index in [0.717, 1.165) is 6.20 Å². The van der Waals surface area contributed by atoms with Crippen LogP contribution < -0.4 is 16.2 Å². The van der Waals surface area contributed by atoms with Crippen LogP contribution in [-0.4, -0.2) is 42.9 Å². The molecule has 3 aromatic rings. The molecule has 3 heterocycles. The summed E-state index contributed by atoms with van der Waals surface area (Å²) < 4.78 is 39.3. The van der Waals surface area contributed by atoms with Crippen molar-refractivity contribution in [2.45, 2.75) is 50.6 Å². The van der Waals surface area contributed by atoms with Gasteiger partial charge >= 0.3 is 6.18 Å². The van der Waals surface area contributed by atoms with E-state index in [4.69, 9.17) is 0 Å². The number of rotatable bonds is 5. The smallest absolute Gasteiger partial charge is 0.393 e. The van der Waals surface area contributed by atoms with Gasteiger partial charge in [0.05, 0.1) is 17.7 Å². The lowest BCUT2D eigenvalue weighted by Crippen LogP contribution is -2.31. The molecule has 0 aliphatic heterocycles. The van der Waals surface area contributed by atoms with Crippen LogP contribution in [0.5, 0.6) is 0 Å². The molecule has 1 aliphatic carbocycles. The zero-order chi connectivity index (χ0) is 22.0. The van der Waals surface area contributed by atoms with Gasteiger partial charge in [-0.2, -0.15) is 13.2 Å². The molecule has 164 valence electrons. The van der Waals surface area contributed by atoms with Gasteiger partial charge in [0.25, 0.3) is 5.56 Å². The Hall–Kier alpha value is -3.21. The van der Waals surface area contributed by atoms with Crippen LogP contribution in [0, 0.1) is 0 Å². The van der Waals surface area contributed by atoms with Gasteiger partial charge in [0.1, 0.15) is 24.0 Å². The zero-order valence-corrected chi connectivity index (χ0v) is 16.4. The van der Waals surface area contributed by atoms with Gasteiger partial charge in [-0.25, -0.2) is 9.97 Å². The molecule has 1 fully saturated rings. The fourth-order valence-electron chi connectivity index (χ4n) is 3.70. The Bertz CT molecular complexity index is 1110. The number of aliphatic hydroxyl groups excluding tert-OH is 1. The minimum atomic E-state index is -4.52. The van der Waals surface area contributed by atoms with E-state index in [1.54, 1.807) is 6.07 Å². The molecule has 0 spiro atoms. The molecule has 31 heavy (non-hydrogen) atoms. The fourth-order valence-corrected chi connectivity index (χ4v) is 3.70. The summed E-state index contributed by atoms with van der Waals surface area (Å²) in [5, 5.41) is 16.5. The van der Waals surface area contributed by atoms with E-state index < -0.39 is 18.3 Å². The van der Waals surface area contributed by atoms with Crippen molar-refractivity contribution in [3.8, 4) is 0 Å². The zero-order valence-electron chi connectivity index (χ0n) is 16.4. The van der Waals surface area contributed by atoms with Crippen LogP contribution in [0.1, 0.15) is 25.7 Å². The highest BCUT2D eigenvalue weighted by atomic mass is 19.4. The summed E-state index contributed by atoms with van der Waals surface area (Å²) in [6.07, 6.45) is 3.30. The molecule has 0 bridgehead atoms. The van der Waals surface area contributed by atoms with Crippen molar-refractivity contribution in [2.24, 2.45) is 0 Å². The first-order valence-corrected chi connectivity index (χ1v) is 9.87. The summed E-state index contributed by atoms with van der Waals surface area (Å²) in [4.78, 5) is 25.5. The third-order valence-corrected chi connectivity index (χ3v) is 5.17. The highest BCUT2D eigenvalue weighted by molar-refractivity contribution is 5.93. The molecule has 0 atom stereocenters. The van der Waals surface area contributed by atoms with E-state index in [-0.39, 0.29) is 23.3 Å². The molecular weight excluding hydrogens is 413 g/mol. The second kappa shape index (κ2) is 8.50. The molecule has 0 radical (unpaired) electrons. The predicted molar refractivity (Wildman–Crippen MR) is 109 cm³/mol. The van der Waals surface area contributed by atoms with Crippen LogP contribution in [0.2, 0.25) is 0 Å². The number of aliphatic hydroxyl groups is 1. The molecule has 3 aromatic heterocycles. The second-order valence-electron chi connectivity index (χ2n) is 7.55. The Labute approximate surface area is 175 Å². The average Bonchev–Trinajstić information content (AvgIpc) is 2.71. The van der Waals surface area contributed by atoms with E-state index in [2.05, 4.69) is 25.6 Å². The second-order valence-corrected chi connectivity index (χ2v) is 7.55. The lowest BCUT2D eigenvalue weighted by atomic mass is 9.93. The quantitative estimate of drug-likeness (QED) is 0.566. The Balaban J connectivity index is 1.76. The number of hydrogen-bond donors (Lipinski definition) is 3. The Morgan fingerprint density at radius 3 is 2.61 bits per heavy atom. The maximum absolute atomic E-state index is 12.9. The number of alkyl halides is 3. The van der Waals surface area contributed by atoms with Crippen molar-refractivity contribution in [3.05, 3.63) is 47.3 Å². The number of aromatic nitrogens is 4. The first kappa shape index (κ1) is 21.0. The maximum Gasteiger partial charge on any atom is 0.406 e. The number of nitrogens with one attached hydrogen (secondary N) is 2. The van der Waals surface area contributed by atoms with E-state index in [1.165, 1.54) is 24.7 Å². The van der Waals surface area contributed by atoms with Crippen LogP contribution >= 0.6 is 0 Å². The number of hydrogen-bond acceptors (Lipinski definition) is 7. The number of anilines is 3. The molecule has 0 amide bonds. The minimum Gasteiger partial charge on any atom is -0.393 e. The van der Waals surface area contributed by atoms with Crippen molar-refractivity contribution in [1.82, 2.24) is 19.5 Å². The van der Waals surface area contributed by atoms with Gasteiger partial charge in [-0.15, -0.1) is 0 Å². The Morgan fingerprint density at radius 1 is 1.16 bits per heavy atom. The van der Waals surface area contributed by atoms with Crippen LogP contribution in [0.25, 0.3) is 10.8 Å². The predicted octanol–water partition coefficient (Wildman–Crippen LogP) is 3.21. The highest BCUT2D eigenvalue weighted by Crippen LogP contribution is 2.28. The minimum absolute atomic E-state index is 0.0541. The number of pyridine rings is 2.